The topological polar surface area (TPSA) is 35.2 Å². The zero-order valence-corrected chi connectivity index (χ0v) is 15.3. The summed E-state index contributed by atoms with van der Waals surface area (Å²) in [5.74, 6) is 0.782. The zero-order valence-electron chi connectivity index (χ0n) is 14.6. The summed E-state index contributed by atoms with van der Waals surface area (Å²) >= 11 is 6.61. The largest absolute Gasteiger partial charge is 0.492 e. The van der Waals surface area contributed by atoms with Gasteiger partial charge in [-0.25, -0.2) is 0 Å². The van der Waals surface area contributed by atoms with Crippen molar-refractivity contribution >= 4 is 11.6 Å². The molecule has 0 spiro atoms. The molecule has 0 saturated carbocycles. The van der Waals surface area contributed by atoms with Crippen LogP contribution in [-0.4, -0.2) is 13.2 Å². The van der Waals surface area contributed by atoms with Gasteiger partial charge in [0.25, 0.3) is 0 Å². The Morgan fingerprint density at radius 2 is 1.54 bits per heavy atom. The average molecular weight is 346 g/mol. The van der Waals surface area contributed by atoms with E-state index in [-0.39, 0.29) is 0 Å². The maximum Gasteiger partial charge on any atom is 0.138 e. The lowest BCUT2D eigenvalue weighted by atomic mass is 10.0. The van der Waals surface area contributed by atoms with Gasteiger partial charge in [-0.05, 0) is 43.5 Å². The number of hydrogen-bond donors (Lipinski definition) is 1. The first-order valence-corrected chi connectivity index (χ1v) is 9.29. The molecule has 0 fully saturated rings. The number of unbranched alkanes of at least 4 members (excludes halogenated alkanes) is 5. The fourth-order valence-electron chi connectivity index (χ4n) is 2.86. The van der Waals surface area contributed by atoms with Gasteiger partial charge in [0.05, 0.1) is 11.6 Å². The van der Waals surface area contributed by atoms with Crippen molar-refractivity contribution in [3.63, 3.8) is 0 Å². The van der Waals surface area contributed by atoms with Crippen LogP contribution in [0.25, 0.3) is 11.1 Å². The first-order chi connectivity index (χ1) is 11.7. The van der Waals surface area contributed by atoms with Gasteiger partial charge < -0.3 is 10.5 Å². The number of halogens is 1. The highest BCUT2D eigenvalue weighted by Gasteiger charge is 2.12. The van der Waals surface area contributed by atoms with Crippen molar-refractivity contribution in [2.45, 2.75) is 45.4 Å². The first kappa shape index (κ1) is 18.8. The lowest BCUT2D eigenvalue weighted by molar-refractivity contribution is 0.304. The van der Waals surface area contributed by atoms with Crippen molar-refractivity contribution in [3.05, 3.63) is 53.1 Å². The molecule has 0 radical (unpaired) electrons. The number of benzene rings is 2. The van der Waals surface area contributed by atoms with Crippen LogP contribution >= 0.6 is 11.6 Å². The third kappa shape index (κ3) is 5.54. The molecule has 0 aliphatic carbocycles. The normalized spacial score (nSPS) is 10.8. The molecule has 130 valence electrons. The molecule has 0 aromatic heterocycles. The molecule has 24 heavy (non-hydrogen) atoms. The van der Waals surface area contributed by atoms with Crippen LogP contribution in [0.1, 0.15) is 44.1 Å². The Bertz CT molecular complexity index is 613. The molecule has 0 heterocycles. The van der Waals surface area contributed by atoms with Gasteiger partial charge in [-0.3, -0.25) is 0 Å². The molecule has 0 bridgehead atoms. The molecule has 2 aromatic rings. The van der Waals surface area contributed by atoms with Crippen LogP contribution in [-0.2, 0) is 0 Å². The van der Waals surface area contributed by atoms with Crippen LogP contribution in [0.2, 0.25) is 5.02 Å². The predicted octanol–water partition coefficient (Wildman–Crippen LogP) is 5.99. The summed E-state index contributed by atoms with van der Waals surface area (Å²) in [6.07, 6.45) is 7.15. The van der Waals surface area contributed by atoms with E-state index in [2.05, 4.69) is 25.1 Å². The van der Waals surface area contributed by atoms with Gasteiger partial charge in [-0.2, -0.15) is 0 Å². The molecular weight excluding hydrogens is 318 g/mol. The zero-order chi connectivity index (χ0) is 17.2. The summed E-state index contributed by atoms with van der Waals surface area (Å²) in [7, 11) is 0. The summed E-state index contributed by atoms with van der Waals surface area (Å²) < 4.78 is 5.93. The van der Waals surface area contributed by atoms with E-state index in [0.29, 0.717) is 11.6 Å². The van der Waals surface area contributed by atoms with Gasteiger partial charge in [0.15, 0.2) is 0 Å². The van der Waals surface area contributed by atoms with Gasteiger partial charge in [0.1, 0.15) is 5.75 Å². The minimum absolute atomic E-state index is 0.712. The molecule has 2 nitrogen and oxygen atoms in total. The second-order valence-corrected chi connectivity index (χ2v) is 6.57. The van der Waals surface area contributed by atoms with Crippen LogP contribution < -0.4 is 10.5 Å². The van der Waals surface area contributed by atoms with E-state index in [9.17, 15) is 0 Å². The van der Waals surface area contributed by atoms with E-state index in [1.807, 2.05) is 24.3 Å². The molecule has 0 amide bonds. The van der Waals surface area contributed by atoms with Crippen LogP contribution in [0, 0.1) is 6.92 Å². The molecule has 2 aromatic carbocycles. The average Bonchev–Trinajstić information content (AvgIpc) is 2.60. The standard InChI is InChI=1S/C21H28ClNO/c1-17-13-14-19(24-16-10-5-3-2-4-9-15-23)21(22)20(17)18-11-7-6-8-12-18/h6-8,11-14H,2-5,9-10,15-16,23H2,1H3. The molecule has 0 aliphatic heterocycles. The molecular formula is C21H28ClNO. The smallest absolute Gasteiger partial charge is 0.138 e. The number of aryl methyl sites for hydroxylation is 1. The monoisotopic (exact) mass is 345 g/mol. The SMILES string of the molecule is Cc1ccc(OCCCCCCCCN)c(Cl)c1-c1ccccc1. The van der Waals surface area contributed by atoms with E-state index in [0.717, 1.165) is 36.3 Å². The van der Waals surface area contributed by atoms with Crippen LogP contribution in [0.3, 0.4) is 0 Å². The van der Waals surface area contributed by atoms with Crippen molar-refractivity contribution in [2.75, 3.05) is 13.2 Å². The molecule has 3 heteroatoms. The number of rotatable bonds is 10. The third-order valence-electron chi connectivity index (χ3n) is 4.23. The number of ether oxygens (including phenoxy) is 1. The maximum absolute atomic E-state index is 6.61. The summed E-state index contributed by atoms with van der Waals surface area (Å²) in [4.78, 5) is 0. The first-order valence-electron chi connectivity index (χ1n) is 8.91. The third-order valence-corrected chi connectivity index (χ3v) is 4.61. The lowest BCUT2D eigenvalue weighted by Crippen LogP contribution is -2.00. The summed E-state index contributed by atoms with van der Waals surface area (Å²) in [6.45, 7) is 3.60. The molecule has 0 aliphatic rings. The van der Waals surface area contributed by atoms with E-state index in [4.69, 9.17) is 22.1 Å². The molecule has 2 rings (SSSR count). The van der Waals surface area contributed by atoms with Crippen molar-refractivity contribution in [1.29, 1.82) is 0 Å². The highest BCUT2D eigenvalue weighted by atomic mass is 35.5. The number of hydrogen-bond acceptors (Lipinski definition) is 2. The van der Waals surface area contributed by atoms with Gasteiger partial charge in [0.2, 0.25) is 0 Å². The Morgan fingerprint density at radius 1 is 0.875 bits per heavy atom. The van der Waals surface area contributed by atoms with E-state index in [1.165, 1.54) is 31.2 Å². The molecule has 0 saturated heterocycles. The van der Waals surface area contributed by atoms with Crippen molar-refractivity contribution in [1.82, 2.24) is 0 Å². The lowest BCUT2D eigenvalue weighted by Gasteiger charge is -2.14. The fourth-order valence-corrected chi connectivity index (χ4v) is 3.24. The predicted molar refractivity (Wildman–Crippen MR) is 104 cm³/mol. The van der Waals surface area contributed by atoms with Crippen LogP contribution in [0.5, 0.6) is 5.75 Å². The van der Waals surface area contributed by atoms with Crippen molar-refractivity contribution < 1.29 is 4.74 Å². The Balaban J connectivity index is 1.88. The van der Waals surface area contributed by atoms with Crippen molar-refractivity contribution in [3.8, 4) is 16.9 Å². The Hall–Kier alpha value is -1.51. The minimum atomic E-state index is 0.712. The van der Waals surface area contributed by atoms with Gasteiger partial charge in [-0.15, -0.1) is 0 Å². The highest BCUT2D eigenvalue weighted by molar-refractivity contribution is 6.35. The molecule has 2 N–H and O–H groups in total. The van der Waals surface area contributed by atoms with Gasteiger partial charge in [-0.1, -0.05) is 73.7 Å². The fraction of sp³-hybridized carbons (Fsp3) is 0.429. The summed E-state index contributed by atoms with van der Waals surface area (Å²) in [6, 6.07) is 14.3. The number of nitrogens with two attached hydrogens (primary N) is 1. The van der Waals surface area contributed by atoms with E-state index < -0.39 is 0 Å². The maximum atomic E-state index is 6.61. The quantitative estimate of drug-likeness (QED) is 0.536. The minimum Gasteiger partial charge on any atom is -0.492 e. The van der Waals surface area contributed by atoms with E-state index in [1.54, 1.807) is 0 Å². The summed E-state index contributed by atoms with van der Waals surface area (Å²) in [5, 5.41) is 0.712. The van der Waals surface area contributed by atoms with Gasteiger partial charge >= 0.3 is 0 Å². The van der Waals surface area contributed by atoms with Crippen LogP contribution in [0.15, 0.2) is 42.5 Å². The van der Waals surface area contributed by atoms with Crippen LogP contribution in [0.4, 0.5) is 0 Å². The molecule has 0 unspecified atom stereocenters. The highest BCUT2D eigenvalue weighted by Crippen LogP contribution is 2.37. The summed E-state index contributed by atoms with van der Waals surface area (Å²) in [5.41, 5.74) is 8.86. The molecule has 0 atom stereocenters. The Labute approximate surface area is 151 Å². The van der Waals surface area contributed by atoms with E-state index >= 15 is 0 Å². The second-order valence-electron chi connectivity index (χ2n) is 6.19. The van der Waals surface area contributed by atoms with Gasteiger partial charge in [0, 0.05) is 5.56 Å². The Kier molecular flexibility index (Phi) is 8.14. The van der Waals surface area contributed by atoms with Crippen molar-refractivity contribution in [2.24, 2.45) is 5.73 Å². The Morgan fingerprint density at radius 3 is 2.25 bits per heavy atom. The second kappa shape index (κ2) is 10.4.